The topological polar surface area (TPSA) is 93.4 Å². The number of Topliss-reactive ketones (excluding diaryl/α,β-unsaturated/α-hetero) is 1. The third-order valence-electron chi connectivity index (χ3n) is 4.70. The second kappa shape index (κ2) is 6.29. The highest BCUT2D eigenvalue weighted by Crippen LogP contribution is 2.26. The lowest BCUT2D eigenvalue weighted by molar-refractivity contribution is -0.120. The molecule has 1 aromatic heterocycles. The Balaban J connectivity index is 2.00. The predicted molar refractivity (Wildman–Crippen MR) is 97.8 cm³/mol. The van der Waals surface area contributed by atoms with Gasteiger partial charge in [-0.05, 0) is 19.1 Å². The van der Waals surface area contributed by atoms with Crippen LogP contribution in [0.5, 0.6) is 0 Å². The third kappa shape index (κ3) is 2.63. The fourth-order valence-corrected chi connectivity index (χ4v) is 3.14. The molecule has 1 aliphatic heterocycles. The van der Waals surface area contributed by atoms with Gasteiger partial charge >= 0.3 is 5.69 Å². The molecule has 8 nitrogen and oxygen atoms in total. The molecule has 0 radical (unpaired) electrons. The Morgan fingerprint density at radius 2 is 1.58 bits per heavy atom. The van der Waals surface area contributed by atoms with Crippen LogP contribution in [0, 0.1) is 12.8 Å². The number of hydrogen-bond acceptors (Lipinski definition) is 5. The average molecular weight is 356 g/mol. The van der Waals surface area contributed by atoms with Gasteiger partial charge in [-0.15, -0.1) is 0 Å². The SMILES string of the molecule is Cc1ccc(NC[C@H]2C(=O)c3c(n(C)c(=O)n(C)c3=O)N(C)C2=O)cc1. The summed E-state index contributed by atoms with van der Waals surface area (Å²) in [6.07, 6.45) is 0. The van der Waals surface area contributed by atoms with Gasteiger partial charge in [0, 0.05) is 33.4 Å². The Bertz CT molecular complexity index is 1020. The van der Waals surface area contributed by atoms with Crippen LogP contribution < -0.4 is 21.5 Å². The first kappa shape index (κ1) is 17.7. The molecular weight excluding hydrogens is 336 g/mol. The van der Waals surface area contributed by atoms with Crippen molar-refractivity contribution in [1.82, 2.24) is 9.13 Å². The van der Waals surface area contributed by atoms with Crippen LogP contribution in [0.2, 0.25) is 0 Å². The molecule has 0 unspecified atom stereocenters. The standard InChI is InChI=1S/C18H20N4O4/c1-10-5-7-11(8-6-10)19-9-12-14(23)13-15(20(2)16(12)24)21(3)18(26)22(4)17(13)25/h5-8,12,19H,9H2,1-4H3/t12-/m0/s1. The molecule has 1 aromatic carbocycles. The lowest BCUT2D eigenvalue weighted by Gasteiger charge is -2.31. The number of anilines is 2. The lowest BCUT2D eigenvalue weighted by Crippen LogP contribution is -2.53. The van der Waals surface area contributed by atoms with E-state index in [0.717, 1.165) is 20.4 Å². The van der Waals surface area contributed by atoms with Gasteiger partial charge in [0.25, 0.3) is 5.56 Å². The zero-order valence-electron chi connectivity index (χ0n) is 15.1. The van der Waals surface area contributed by atoms with Gasteiger partial charge in [-0.25, -0.2) is 4.79 Å². The molecule has 1 aliphatic rings. The van der Waals surface area contributed by atoms with E-state index in [2.05, 4.69) is 5.32 Å². The zero-order chi connectivity index (χ0) is 19.2. The van der Waals surface area contributed by atoms with E-state index in [4.69, 9.17) is 0 Å². The molecule has 3 rings (SSSR count). The summed E-state index contributed by atoms with van der Waals surface area (Å²) < 4.78 is 2.03. The number of nitrogens with one attached hydrogen (secondary N) is 1. The highest BCUT2D eigenvalue weighted by molar-refractivity contribution is 6.21. The van der Waals surface area contributed by atoms with Gasteiger partial charge in [0.2, 0.25) is 5.91 Å². The van der Waals surface area contributed by atoms with E-state index in [1.807, 2.05) is 31.2 Å². The van der Waals surface area contributed by atoms with Crippen LogP contribution in [-0.2, 0) is 18.9 Å². The lowest BCUT2D eigenvalue weighted by atomic mass is 9.92. The Morgan fingerprint density at radius 1 is 0.962 bits per heavy atom. The molecule has 1 N–H and O–H groups in total. The maximum absolute atomic E-state index is 12.9. The summed E-state index contributed by atoms with van der Waals surface area (Å²) in [5, 5.41) is 3.07. The van der Waals surface area contributed by atoms with Gasteiger partial charge in [-0.2, -0.15) is 0 Å². The number of hydrogen-bond donors (Lipinski definition) is 1. The van der Waals surface area contributed by atoms with Gasteiger partial charge in [-0.3, -0.25) is 28.4 Å². The van der Waals surface area contributed by atoms with Gasteiger partial charge in [0.15, 0.2) is 5.78 Å². The Labute approximate surface area is 149 Å². The van der Waals surface area contributed by atoms with Crippen molar-refractivity contribution >= 4 is 23.2 Å². The Hall–Kier alpha value is -3.16. The number of aromatic nitrogens is 2. The van der Waals surface area contributed by atoms with Crippen LogP contribution in [0.25, 0.3) is 0 Å². The molecule has 0 spiro atoms. The van der Waals surface area contributed by atoms with E-state index in [1.165, 1.54) is 26.0 Å². The number of ketones is 1. The predicted octanol–water partition coefficient (Wildman–Crippen LogP) is 0.280. The maximum Gasteiger partial charge on any atom is 0.332 e. The molecule has 2 heterocycles. The minimum Gasteiger partial charge on any atom is -0.384 e. The fourth-order valence-electron chi connectivity index (χ4n) is 3.14. The number of nitrogens with zero attached hydrogens (tertiary/aromatic N) is 3. The van der Waals surface area contributed by atoms with E-state index in [0.29, 0.717) is 0 Å². The van der Waals surface area contributed by atoms with Gasteiger partial charge in [-0.1, -0.05) is 17.7 Å². The van der Waals surface area contributed by atoms with E-state index in [1.54, 1.807) is 0 Å². The van der Waals surface area contributed by atoms with Crippen LogP contribution in [0.1, 0.15) is 15.9 Å². The van der Waals surface area contributed by atoms with Gasteiger partial charge in [0.1, 0.15) is 17.3 Å². The monoisotopic (exact) mass is 356 g/mol. The van der Waals surface area contributed by atoms with E-state index in [9.17, 15) is 19.2 Å². The molecular formula is C18H20N4O4. The molecule has 0 aliphatic carbocycles. The van der Waals surface area contributed by atoms with E-state index in [-0.39, 0.29) is 17.9 Å². The highest BCUT2D eigenvalue weighted by Gasteiger charge is 2.41. The smallest absolute Gasteiger partial charge is 0.332 e. The van der Waals surface area contributed by atoms with Crippen molar-refractivity contribution < 1.29 is 9.59 Å². The number of carbonyl (C=O) groups excluding carboxylic acids is 2. The summed E-state index contributed by atoms with van der Waals surface area (Å²) in [4.78, 5) is 51.3. The second-order valence-electron chi connectivity index (χ2n) is 6.47. The first-order chi connectivity index (χ1) is 12.2. The molecule has 26 heavy (non-hydrogen) atoms. The summed E-state index contributed by atoms with van der Waals surface area (Å²) in [6, 6.07) is 7.54. The normalized spacial score (nSPS) is 16.6. The van der Waals surface area contributed by atoms with Crippen molar-refractivity contribution in [2.75, 3.05) is 23.8 Å². The third-order valence-corrected chi connectivity index (χ3v) is 4.70. The molecule has 0 saturated carbocycles. The van der Waals surface area contributed by atoms with Gasteiger partial charge < -0.3 is 5.32 Å². The van der Waals surface area contributed by atoms with Crippen LogP contribution in [-0.4, -0.2) is 34.4 Å². The van der Waals surface area contributed by atoms with Crippen molar-refractivity contribution in [2.24, 2.45) is 20.0 Å². The molecule has 1 amide bonds. The maximum atomic E-state index is 12.9. The minimum atomic E-state index is -1.03. The van der Waals surface area contributed by atoms with E-state index >= 15 is 0 Å². The first-order valence-electron chi connectivity index (χ1n) is 8.16. The number of carbonyl (C=O) groups is 2. The largest absolute Gasteiger partial charge is 0.384 e. The molecule has 8 heteroatoms. The molecule has 2 aromatic rings. The molecule has 0 bridgehead atoms. The van der Waals surface area contributed by atoms with Crippen molar-refractivity contribution in [3.05, 3.63) is 56.2 Å². The van der Waals surface area contributed by atoms with E-state index < -0.39 is 28.9 Å². The van der Waals surface area contributed by atoms with Gasteiger partial charge in [0.05, 0.1) is 0 Å². The average Bonchev–Trinajstić information content (AvgIpc) is 2.62. The molecule has 1 atom stereocenters. The quantitative estimate of drug-likeness (QED) is 0.798. The minimum absolute atomic E-state index is 0.0414. The molecule has 136 valence electrons. The van der Waals surface area contributed by atoms with Crippen LogP contribution in [0.3, 0.4) is 0 Å². The highest BCUT2D eigenvalue weighted by atomic mass is 16.2. The molecule has 0 fully saturated rings. The summed E-state index contributed by atoms with van der Waals surface area (Å²) >= 11 is 0. The second-order valence-corrected chi connectivity index (χ2v) is 6.47. The summed E-state index contributed by atoms with van der Waals surface area (Å²) in [5.41, 5.74) is 0.467. The number of benzene rings is 1. The van der Waals surface area contributed by atoms with Crippen LogP contribution in [0.4, 0.5) is 11.5 Å². The summed E-state index contributed by atoms with van der Waals surface area (Å²) in [7, 11) is 4.21. The van der Waals surface area contributed by atoms with Crippen LogP contribution >= 0.6 is 0 Å². The van der Waals surface area contributed by atoms with Crippen molar-refractivity contribution in [1.29, 1.82) is 0 Å². The summed E-state index contributed by atoms with van der Waals surface area (Å²) in [6.45, 7) is 2.03. The fraction of sp³-hybridized carbons (Fsp3) is 0.333. The Kier molecular flexibility index (Phi) is 4.27. The molecule has 0 saturated heterocycles. The van der Waals surface area contributed by atoms with Crippen molar-refractivity contribution in [2.45, 2.75) is 6.92 Å². The van der Waals surface area contributed by atoms with Crippen molar-refractivity contribution in [3.8, 4) is 0 Å². The Morgan fingerprint density at radius 3 is 2.19 bits per heavy atom. The summed E-state index contributed by atoms with van der Waals surface area (Å²) in [5.74, 6) is -2.01. The van der Waals surface area contributed by atoms with Crippen LogP contribution in [0.15, 0.2) is 33.9 Å². The number of rotatable bonds is 3. The zero-order valence-corrected chi connectivity index (χ0v) is 15.1. The number of amides is 1. The first-order valence-corrected chi connectivity index (χ1v) is 8.16. The number of aryl methyl sites for hydroxylation is 1. The number of fused-ring (bicyclic) bond motifs is 1. The van der Waals surface area contributed by atoms with Crippen molar-refractivity contribution in [3.63, 3.8) is 0 Å².